The van der Waals surface area contributed by atoms with Gasteiger partial charge in [0.05, 0.1) is 6.20 Å². The molecule has 1 aromatic heterocycles. The fourth-order valence-electron chi connectivity index (χ4n) is 1.30. The molecule has 0 aliphatic rings. The lowest BCUT2D eigenvalue weighted by Gasteiger charge is -1.95. The van der Waals surface area contributed by atoms with E-state index < -0.39 is 0 Å². The predicted octanol–water partition coefficient (Wildman–Crippen LogP) is 2.61. The third-order valence-electron chi connectivity index (χ3n) is 2.04. The topological polar surface area (TPSA) is 52.0 Å². The molecule has 15 heavy (non-hydrogen) atoms. The number of hydrogen-bond donors (Lipinski definition) is 1. The molecule has 0 saturated carbocycles. The Balaban J connectivity index is 2.25. The average molecular weight is 267 g/mol. The lowest BCUT2D eigenvalue weighted by Crippen LogP contribution is -2.02. The molecule has 0 atom stereocenters. The van der Waals surface area contributed by atoms with Gasteiger partial charge in [0.1, 0.15) is 0 Å². The third kappa shape index (κ3) is 2.46. The first-order valence-electron chi connectivity index (χ1n) is 4.70. The van der Waals surface area contributed by atoms with Crippen molar-refractivity contribution in [2.45, 2.75) is 6.42 Å². The molecule has 2 N–H and O–H groups in total. The Bertz CT molecular complexity index is 436. The summed E-state index contributed by atoms with van der Waals surface area (Å²) in [5.41, 5.74) is 6.44. The van der Waals surface area contributed by atoms with Crippen molar-refractivity contribution in [3.8, 4) is 11.3 Å². The maximum absolute atomic E-state index is 5.54. The highest BCUT2D eigenvalue weighted by Crippen LogP contribution is 2.22. The van der Waals surface area contributed by atoms with E-state index in [1.165, 1.54) is 0 Å². The lowest BCUT2D eigenvalue weighted by molar-refractivity contribution is 0.508. The number of halogens is 1. The number of rotatable bonds is 3. The molecule has 1 heterocycles. The van der Waals surface area contributed by atoms with E-state index in [1.54, 1.807) is 6.20 Å². The Morgan fingerprint density at radius 3 is 2.67 bits per heavy atom. The number of oxazole rings is 1. The summed E-state index contributed by atoms with van der Waals surface area (Å²) < 4.78 is 6.59. The summed E-state index contributed by atoms with van der Waals surface area (Å²) in [6, 6.07) is 7.91. The summed E-state index contributed by atoms with van der Waals surface area (Å²) in [5.74, 6) is 1.47. The van der Waals surface area contributed by atoms with Crippen LogP contribution in [0.2, 0.25) is 0 Å². The van der Waals surface area contributed by atoms with Gasteiger partial charge in [-0.25, -0.2) is 4.98 Å². The molecule has 1 aromatic carbocycles. The number of hydrogen-bond acceptors (Lipinski definition) is 3. The fraction of sp³-hybridized carbons (Fsp3) is 0.182. The molecule has 0 radical (unpaired) electrons. The Morgan fingerprint density at radius 1 is 1.27 bits per heavy atom. The van der Waals surface area contributed by atoms with Crippen LogP contribution in [0.1, 0.15) is 5.89 Å². The van der Waals surface area contributed by atoms with Gasteiger partial charge in [-0.05, 0) is 12.1 Å². The van der Waals surface area contributed by atoms with E-state index in [0.717, 1.165) is 15.8 Å². The average Bonchev–Trinajstić information content (AvgIpc) is 2.68. The van der Waals surface area contributed by atoms with E-state index in [1.807, 2.05) is 24.3 Å². The van der Waals surface area contributed by atoms with Gasteiger partial charge in [-0.1, -0.05) is 28.1 Å². The second-order valence-corrected chi connectivity index (χ2v) is 4.08. The first kappa shape index (κ1) is 10.4. The monoisotopic (exact) mass is 266 g/mol. The van der Waals surface area contributed by atoms with E-state index in [9.17, 15) is 0 Å². The second kappa shape index (κ2) is 4.59. The van der Waals surface area contributed by atoms with Gasteiger partial charge in [0, 0.05) is 23.0 Å². The predicted molar refractivity (Wildman–Crippen MR) is 62.4 cm³/mol. The van der Waals surface area contributed by atoms with Gasteiger partial charge in [0.2, 0.25) is 0 Å². The summed E-state index contributed by atoms with van der Waals surface area (Å²) >= 11 is 3.39. The quantitative estimate of drug-likeness (QED) is 0.929. The summed E-state index contributed by atoms with van der Waals surface area (Å²) in [5, 5.41) is 0. The van der Waals surface area contributed by atoms with Crippen LogP contribution in [0.3, 0.4) is 0 Å². The molecule has 0 spiro atoms. The van der Waals surface area contributed by atoms with E-state index in [0.29, 0.717) is 18.9 Å². The fourth-order valence-corrected chi connectivity index (χ4v) is 1.56. The number of benzene rings is 1. The van der Waals surface area contributed by atoms with Crippen LogP contribution in [0.5, 0.6) is 0 Å². The van der Waals surface area contributed by atoms with Gasteiger partial charge in [0.15, 0.2) is 11.7 Å². The van der Waals surface area contributed by atoms with Crippen LogP contribution >= 0.6 is 15.9 Å². The van der Waals surface area contributed by atoms with Gasteiger partial charge in [-0.15, -0.1) is 0 Å². The molecule has 78 valence electrons. The Kier molecular flexibility index (Phi) is 3.18. The van der Waals surface area contributed by atoms with Crippen LogP contribution in [0.4, 0.5) is 0 Å². The molecule has 0 saturated heterocycles. The summed E-state index contributed by atoms with van der Waals surface area (Å²) in [6.45, 7) is 0.556. The summed E-state index contributed by atoms with van der Waals surface area (Å²) in [7, 11) is 0. The highest BCUT2D eigenvalue weighted by molar-refractivity contribution is 9.10. The molecule has 0 amide bonds. The van der Waals surface area contributed by atoms with Gasteiger partial charge in [-0.3, -0.25) is 0 Å². The van der Waals surface area contributed by atoms with Crippen LogP contribution in [-0.2, 0) is 6.42 Å². The van der Waals surface area contributed by atoms with Gasteiger partial charge >= 0.3 is 0 Å². The molecule has 0 fully saturated rings. The SMILES string of the molecule is NCCc1ncc(-c2ccc(Br)cc2)o1. The van der Waals surface area contributed by atoms with Crippen LogP contribution in [0.25, 0.3) is 11.3 Å². The highest BCUT2D eigenvalue weighted by atomic mass is 79.9. The third-order valence-corrected chi connectivity index (χ3v) is 2.57. The Labute approximate surface area is 96.4 Å². The Hall–Kier alpha value is -1.13. The van der Waals surface area contributed by atoms with Gasteiger partial charge in [0.25, 0.3) is 0 Å². The number of nitrogens with zero attached hydrogens (tertiary/aromatic N) is 1. The Morgan fingerprint density at radius 2 is 2.00 bits per heavy atom. The normalized spacial score (nSPS) is 10.5. The molecule has 0 aliphatic heterocycles. The van der Waals surface area contributed by atoms with Crippen molar-refractivity contribution in [3.63, 3.8) is 0 Å². The minimum Gasteiger partial charge on any atom is -0.441 e. The van der Waals surface area contributed by atoms with E-state index in [-0.39, 0.29) is 0 Å². The highest BCUT2D eigenvalue weighted by Gasteiger charge is 2.04. The smallest absolute Gasteiger partial charge is 0.196 e. The molecular formula is C11H11BrN2O. The number of nitrogens with two attached hydrogens (primary N) is 1. The van der Waals surface area contributed by atoms with E-state index in [2.05, 4.69) is 20.9 Å². The van der Waals surface area contributed by atoms with E-state index >= 15 is 0 Å². The van der Waals surface area contributed by atoms with Crippen molar-refractivity contribution in [2.75, 3.05) is 6.54 Å². The maximum Gasteiger partial charge on any atom is 0.196 e. The van der Waals surface area contributed by atoms with E-state index in [4.69, 9.17) is 10.2 Å². The summed E-state index contributed by atoms with van der Waals surface area (Å²) in [6.07, 6.45) is 2.41. The minimum absolute atomic E-state index is 0.556. The van der Waals surface area contributed by atoms with Crippen LogP contribution in [0.15, 0.2) is 39.4 Å². The molecule has 2 aromatic rings. The van der Waals surface area contributed by atoms with Crippen molar-refractivity contribution in [1.82, 2.24) is 4.98 Å². The van der Waals surface area contributed by atoms with Crippen molar-refractivity contribution in [3.05, 3.63) is 40.8 Å². The number of aromatic nitrogens is 1. The molecular weight excluding hydrogens is 256 g/mol. The van der Waals surface area contributed by atoms with Crippen LogP contribution < -0.4 is 5.73 Å². The maximum atomic E-state index is 5.54. The van der Waals surface area contributed by atoms with Crippen LogP contribution in [0, 0.1) is 0 Å². The van der Waals surface area contributed by atoms with Gasteiger partial charge in [-0.2, -0.15) is 0 Å². The lowest BCUT2D eigenvalue weighted by atomic mass is 10.2. The van der Waals surface area contributed by atoms with Crippen LogP contribution in [-0.4, -0.2) is 11.5 Å². The summed E-state index contributed by atoms with van der Waals surface area (Å²) in [4.78, 5) is 4.15. The molecule has 0 bridgehead atoms. The zero-order chi connectivity index (χ0) is 10.7. The first-order valence-corrected chi connectivity index (χ1v) is 5.49. The minimum atomic E-state index is 0.556. The molecule has 3 nitrogen and oxygen atoms in total. The van der Waals surface area contributed by atoms with Crippen molar-refractivity contribution in [2.24, 2.45) is 5.73 Å². The zero-order valence-electron chi connectivity index (χ0n) is 8.11. The standard InChI is InChI=1S/C11H11BrN2O/c12-9-3-1-8(2-4-9)10-7-14-11(15-10)5-6-13/h1-4,7H,5-6,13H2. The molecule has 2 rings (SSSR count). The first-order chi connectivity index (χ1) is 7.29. The zero-order valence-corrected chi connectivity index (χ0v) is 9.70. The van der Waals surface area contributed by atoms with Crippen molar-refractivity contribution >= 4 is 15.9 Å². The molecule has 0 aliphatic carbocycles. The van der Waals surface area contributed by atoms with Gasteiger partial charge < -0.3 is 10.2 Å². The van der Waals surface area contributed by atoms with Crippen molar-refractivity contribution in [1.29, 1.82) is 0 Å². The van der Waals surface area contributed by atoms with Crippen molar-refractivity contribution < 1.29 is 4.42 Å². The molecule has 4 heteroatoms. The molecule has 0 unspecified atom stereocenters. The second-order valence-electron chi connectivity index (χ2n) is 3.16. The largest absolute Gasteiger partial charge is 0.441 e.